The molecule has 0 aromatic carbocycles. The molecule has 2 amide bonds. The summed E-state index contributed by atoms with van der Waals surface area (Å²) in [6.45, 7) is 2.18. The minimum Gasteiger partial charge on any atom is -0.331 e. The molecule has 116 valence electrons. The zero-order valence-electron chi connectivity index (χ0n) is 12.3. The van der Waals surface area contributed by atoms with Crippen LogP contribution in [0.25, 0.3) is 0 Å². The molecule has 3 atom stereocenters. The molecule has 3 aliphatic rings. The second-order valence-electron chi connectivity index (χ2n) is 6.22. The van der Waals surface area contributed by atoms with Gasteiger partial charge < -0.3 is 19.9 Å². The first-order valence-corrected chi connectivity index (χ1v) is 8.02. The zero-order valence-corrected chi connectivity index (χ0v) is 12.3. The van der Waals surface area contributed by atoms with Crippen LogP contribution in [-0.2, 0) is 14.4 Å². The predicted octanol–water partition coefficient (Wildman–Crippen LogP) is -0.0807. The van der Waals surface area contributed by atoms with Crippen LogP contribution in [0.5, 0.6) is 0 Å². The molecular weight excluding hydrogens is 270 g/mol. The van der Waals surface area contributed by atoms with Crippen LogP contribution in [0.15, 0.2) is 0 Å². The van der Waals surface area contributed by atoms with E-state index >= 15 is 0 Å². The molecule has 6 heteroatoms. The van der Waals surface area contributed by atoms with Crippen LogP contribution in [0.3, 0.4) is 0 Å². The van der Waals surface area contributed by atoms with Gasteiger partial charge in [0.25, 0.3) is 0 Å². The Hall–Kier alpha value is -1.43. The standard InChI is InChI=1S/C15H23N3O3/c19-10-11-4-2-8-17(11)15(21)13-6-3-9-18(13)14(20)12-5-1-7-16-12/h10-13,16H,1-9H2/t11-,12-,13-/m0/s1. The molecule has 0 radical (unpaired) electrons. The lowest BCUT2D eigenvalue weighted by atomic mass is 10.1. The molecule has 0 saturated carbocycles. The topological polar surface area (TPSA) is 69.7 Å². The number of carbonyl (C=O) groups excluding carboxylic acids is 3. The molecule has 6 nitrogen and oxygen atoms in total. The number of aldehydes is 1. The van der Waals surface area contributed by atoms with Crippen molar-refractivity contribution in [2.75, 3.05) is 19.6 Å². The quantitative estimate of drug-likeness (QED) is 0.739. The highest BCUT2D eigenvalue weighted by Crippen LogP contribution is 2.25. The van der Waals surface area contributed by atoms with Crippen LogP contribution >= 0.6 is 0 Å². The molecule has 3 aliphatic heterocycles. The van der Waals surface area contributed by atoms with Gasteiger partial charge in [-0.25, -0.2) is 0 Å². The SMILES string of the molecule is O=C[C@@H]1CCCN1C(=O)[C@@H]1CCCN1C(=O)[C@@H]1CCCN1. The van der Waals surface area contributed by atoms with Gasteiger partial charge in [0.1, 0.15) is 12.3 Å². The Morgan fingerprint density at radius 2 is 1.71 bits per heavy atom. The van der Waals surface area contributed by atoms with Crippen molar-refractivity contribution in [2.45, 2.75) is 56.7 Å². The van der Waals surface area contributed by atoms with E-state index in [0.29, 0.717) is 13.1 Å². The average molecular weight is 293 g/mol. The van der Waals surface area contributed by atoms with Gasteiger partial charge in [0.2, 0.25) is 11.8 Å². The number of rotatable bonds is 3. The normalized spacial score (nSPS) is 32.7. The molecule has 3 fully saturated rings. The molecule has 3 heterocycles. The Morgan fingerprint density at radius 1 is 0.952 bits per heavy atom. The first kappa shape index (κ1) is 14.5. The first-order chi connectivity index (χ1) is 10.2. The van der Waals surface area contributed by atoms with E-state index in [1.54, 1.807) is 9.80 Å². The molecule has 3 rings (SSSR count). The fourth-order valence-corrected chi connectivity index (χ4v) is 3.78. The van der Waals surface area contributed by atoms with E-state index in [4.69, 9.17) is 0 Å². The van der Waals surface area contributed by atoms with E-state index in [1.807, 2.05) is 0 Å². The fraction of sp³-hybridized carbons (Fsp3) is 0.800. The maximum Gasteiger partial charge on any atom is 0.245 e. The molecular formula is C15H23N3O3. The molecule has 21 heavy (non-hydrogen) atoms. The van der Waals surface area contributed by atoms with Crippen LogP contribution in [0, 0.1) is 0 Å². The van der Waals surface area contributed by atoms with Crippen molar-refractivity contribution in [2.24, 2.45) is 0 Å². The van der Waals surface area contributed by atoms with Gasteiger partial charge in [0, 0.05) is 13.1 Å². The maximum absolute atomic E-state index is 12.7. The number of hydrogen-bond donors (Lipinski definition) is 1. The van der Waals surface area contributed by atoms with Crippen LogP contribution in [-0.4, -0.2) is 65.7 Å². The molecule has 1 N–H and O–H groups in total. The summed E-state index contributed by atoms with van der Waals surface area (Å²) in [6.07, 6.45) is 5.96. The third-order valence-electron chi connectivity index (χ3n) is 4.92. The van der Waals surface area contributed by atoms with Crippen LogP contribution in [0.2, 0.25) is 0 Å². The smallest absolute Gasteiger partial charge is 0.245 e. The van der Waals surface area contributed by atoms with Crippen molar-refractivity contribution >= 4 is 18.1 Å². The van der Waals surface area contributed by atoms with Gasteiger partial charge in [-0.3, -0.25) is 9.59 Å². The lowest BCUT2D eigenvalue weighted by Gasteiger charge is -2.31. The summed E-state index contributed by atoms with van der Waals surface area (Å²) < 4.78 is 0. The molecule has 0 unspecified atom stereocenters. The summed E-state index contributed by atoms with van der Waals surface area (Å²) in [5.74, 6) is 0.0265. The summed E-state index contributed by atoms with van der Waals surface area (Å²) in [7, 11) is 0. The Balaban J connectivity index is 1.69. The number of amides is 2. The summed E-state index contributed by atoms with van der Waals surface area (Å²) >= 11 is 0. The number of hydrogen-bond acceptors (Lipinski definition) is 4. The Labute approximate surface area is 124 Å². The minimum atomic E-state index is -0.361. The van der Waals surface area contributed by atoms with E-state index in [1.165, 1.54) is 0 Å². The average Bonchev–Trinajstić information content (AvgIpc) is 3.25. The first-order valence-electron chi connectivity index (χ1n) is 8.02. The predicted molar refractivity (Wildman–Crippen MR) is 76.6 cm³/mol. The van der Waals surface area contributed by atoms with Gasteiger partial charge in [-0.05, 0) is 45.1 Å². The lowest BCUT2D eigenvalue weighted by molar-refractivity contribution is -0.145. The number of nitrogens with zero attached hydrogens (tertiary/aromatic N) is 2. The van der Waals surface area contributed by atoms with E-state index in [0.717, 1.165) is 51.4 Å². The summed E-state index contributed by atoms with van der Waals surface area (Å²) in [4.78, 5) is 39.7. The number of nitrogens with one attached hydrogen (secondary N) is 1. The van der Waals surface area contributed by atoms with E-state index in [2.05, 4.69) is 5.32 Å². The Kier molecular flexibility index (Phi) is 4.24. The lowest BCUT2D eigenvalue weighted by Crippen LogP contribution is -2.53. The van der Waals surface area contributed by atoms with E-state index in [9.17, 15) is 14.4 Å². The minimum absolute atomic E-state index is 0.0338. The highest BCUT2D eigenvalue weighted by Gasteiger charge is 2.41. The van der Waals surface area contributed by atoms with Crippen LogP contribution < -0.4 is 5.32 Å². The summed E-state index contributed by atoms with van der Waals surface area (Å²) in [6, 6.07) is -0.779. The zero-order chi connectivity index (χ0) is 14.8. The van der Waals surface area contributed by atoms with Crippen molar-refractivity contribution in [1.29, 1.82) is 0 Å². The van der Waals surface area contributed by atoms with Gasteiger partial charge in [0.05, 0.1) is 12.1 Å². The van der Waals surface area contributed by atoms with E-state index < -0.39 is 0 Å². The second-order valence-corrected chi connectivity index (χ2v) is 6.22. The van der Waals surface area contributed by atoms with Crippen molar-refractivity contribution in [3.8, 4) is 0 Å². The molecule has 0 aromatic rings. The van der Waals surface area contributed by atoms with Crippen molar-refractivity contribution in [3.05, 3.63) is 0 Å². The summed E-state index contributed by atoms with van der Waals surface area (Å²) in [5, 5.41) is 3.21. The molecule has 0 spiro atoms. The van der Waals surface area contributed by atoms with Crippen molar-refractivity contribution in [3.63, 3.8) is 0 Å². The highest BCUT2D eigenvalue weighted by atomic mass is 16.2. The van der Waals surface area contributed by atoms with Gasteiger partial charge >= 0.3 is 0 Å². The largest absolute Gasteiger partial charge is 0.331 e. The number of carbonyl (C=O) groups is 3. The third kappa shape index (κ3) is 2.69. The molecule has 0 aromatic heterocycles. The van der Waals surface area contributed by atoms with E-state index in [-0.39, 0.29) is 29.9 Å². The van der Waals surface area contributed by atoms with Gasteiger partial charge in [-0.15, -0.1) is 0 Å². The van der Waals surface area contributed by atoms with Crippen molar-refractivity contribution < 1.29 is 14.4 Å². The second kappa shape index (κ2) is 6.13. The molecule has 0 aliphatic carbocycles. The Bertz CT molecular complexity index is 434. The highest BCUT2D eigenvalue weighted by molar-refractivity contribution is 5.91. The van der Waals surface area contributed by atoms with Gasteiger partial charge in [-0.2, -0.15) is 0 Å². The van der Waals surface area contributed by atoms with Gasteiger partial charge in [-0.1, -0.05) is 0 Å². The maximum atomic E-state index is 12.7. The summed E-state index contributed by atoms with van der Waals surface area (Å²) in [5.41, 5.74) is 0. The Morgan fingerprint density at radius 3 is 2.43 bits per heavy atom. The fourth-order valence-electron chi connectivity index (χ4n) is 3.78. The molecule has 0 bridgehead atoms. The monoisotopic (exact) mass is 293 g/mol. The molecule has 3 saturated heterocycles. The van der Waals surface area contributed by atoms with Crippen molar-refractivity contribution in [1.82, 2.24) is 15.1 Å². The van der Waals surface area contributed by atoms with Crippen LogP contribution in [0.1, 0.15) is 38.5 Å². The van der Waals surface area contributed by atoms with Gasteiger partial charge in [0.15, 0.2) is 0 Å². The number of likely N-dealkylation sites (tertiary alicyclic amines) is 2. The third-order valence-corrected chi connectivity index (χ3v) is 4.92. The van der Waals surface area contributed by atoms with Crippen LogP contribution in [0.4, 0.5) is 0 Å².